The van der Waals surface area contributed by atoms with Crippen LogP contribution in [0.25, 0.3) is 0 Å². The summed E-state index contributed by atoms with van der Waals surface area (Å²) in [4.78, 5) is 73.0. The minimum absolute atomic E-state index is 0.00770. The Morgan fingerprint density at radius 3 is 0.817 bits per heavy atom. The van der Waals surface area contributed by atoms with E-state index in [2.05, 4.69) is 174 Å². The van der Waals surface area contributed by atoms with Crippen LogP contribution in [0.4, 0.5) is 0 Å². The van der Waals surface area contributed by atoms with E-state index in [1.165, 1.54) is 25.7 Å². The van der Waals surface area contributed by atoms with Crippen LogP contribution in [0.3, 0.4) is 0 Å². The van der Waals surface area contributed by atoms with Crippen LogP contribution in [0.15, 0.2) is 158 Å². The number of unbranched alkanes of at least 4 members (excludes halogenated alkanes) is 21. The first-order valence-electron chi connectivity index (χ1n) is 39.7. The standard InChI is InChI=1S/C85H140O17P2/c1-5-9-13-17-21-25-29-33-36-38-39-41-43-47-50-54-58-62-66-70-83(88)96-76-81(102-85(90)72-68-64-60-56-52-48-44-40-37-34-30-26-22-18-14-10-6-2)78-100-104(93,94)98-74-79(86)73-97-103(91,92)99-77-80(101-84(89)71-67-63-59-55-51-45-32-28-24-20-16-12-8-4)75-95-82(87)69-65-61-57-53-49-46-42-35-31-27-23-19-15-11-7-3/h9-11,13-15,21-23,25-28,32-37,39,41-42,44,48,56,60,79-81,86H,5-8,12,16-20,24,29-31,38,40,43,45-47,49-55,57-59,61-78H2,1-4H3,(H,91,92)(H,93,94)/b13-9-,14-10-,15-11-,25-21-,26-22-,27-23-,32-28-,36-33-,37-34-,41-39-,42-35-,48-44-,60-56-. The van der Waals surface area contributed by atoms with E-state index in [1.807, 2.05) is 12.2 Å². The lowest BCUT2D eigenvalue weighted by Gasteiger charge is -2.21. The monoisotopic (exact) mass is 1490 g/mol. The van der Waals surface area contributed by atoms with Gasteiger partial charge in [0.25, 0.3) is 0 Å². The highest BCUT2D eigenvalue weighted by Crippen LogP contribution is 2.45. The Hall–Kier alpha value is -5.32. The number of allylic oxidation sites excluding steroid dienone is 26. The lowest BCUT2D eigenvalue weighted by Crippen LogP contribution is -2.30. The van der Waals surface area contributed by atoms with Crippen molar-refractivity contribution < 1.29 is 80.2 Å². The van der Waals surface area contributed by atoms with Gasteiger partial charge in [-0.15, -0.1) is 0 Å². The summed E-state index contributed by atoms with van der Waals surface area (Å²) in [6, 6.07) is 0. The number of hydrogen-bond donors (Lipinski definition) is 3. The van der Waals surface area contributed by atoms with Gasteiger partial charge in [0.15, 0.2) is 12.2 Å². The number of ether oxygens (including phenoxy) is 4. The van der Waals surface area contributed by atoms with E-state index in [9.17, 15) is 43.2 Å². The normalized spacial score (nSPS) is 14.7. The Morgan fingerprint density at radius 1 is 0.279 bits per heavy atom. The quantitative estimate of drug-likeness (QED) is 0.0169. The highest BCUT2D eigenvalue weighted by molar-refractivity contribution is 7.47. The van der Waals surface area contributed by atoms with Crippen molar-refractivity contribution >= 4 is 39.5 Å². The van der Waals surface area contributed by atoms with Crippen molar-refractivity contribution in [2.24, 2.45) is 0 Å². The number of carbonyl (C=O) groups is 4. The third kappa shape index (κ3) is 74.9. The molecule has 19 heteroatoms. The van der Waals surface area contributed by atoms with Crippen LogP contribution in [0.1, 0.15) is 297 Å². The summed E-state index contributed by atoms with van der Waals surface area (Å²) in [6.07, 6.45) is 88.0. The summed E-state index contributed by atoms with van der Waals surface area (Å²) in [5.74, 6) is -2.29. The second-order valence-corrected chi connectivity index (χ2v) is 28.8. The minimum atomic E-state index is -5.00. The summed E-state index contributed by atoms with van der Waals surface area (Å²) < 4.78 is 68.5. The summed E-state index contributed by atoms with van der Waals surface area (Å²) in [5.41, 5.74) is 0. The van der Waals surface area contributed by atoms with Crippen LogP contribution < -0.4 is 0 Å². The fraction of sp³-hybridized carbons (Fsp3) is 0.647. The zero-order chi connectivity index (χ0) is 76.0. The minimum Gasteiger partial charge on any atom is -0.462 e. The van der Waals surface area contributed by atoms with Gasteiger partial charge in [-0.3, -0.25) is 37.3 Å². The van der Waals surface area contributed by atoms with Crippen molar-refractivity contribution in [1.29, 1.82) is 0 Å². The smallest absolute Gasteiger partial charge is 0.462 e. The van der Waals surface area contributed by atoms with E-state index >= 15 is 0 Å². The number of hydrogen-bond acceptors (Lipinski definition) is 15. The molecule has 0 aliphatic rings. The molecule has 0 aromatic carbocycles. The molecule has 0 aromatic rings. The third-order valence-electron chi connectivity index (χ3n) is 16.0. The Balaban J connectivity index is 5.45. The molecule has 5 unspecified atom stereocenters. The van der Waals surface area contributed by atoms with Gasteiger partial charge in [-0.2, -0.15) is 0 Å². The van der Waals surface area contributed by atoms with Crippen molar-refractivity contribution in [1.82, 2.24) is 0 Å². The van der Waals surface area contributed by atoms with Gasteiger partial charge >= 0.3 is 39.5 Å². The number of aliphatic hydroxyl groups excluding tert-OH is 1. The van der Waals surface area contributed by atoms with Crippen LogP contribution in [-0.2, 0) is 65.4 Å². The first-order valence-corrected chi connectivity index (χ1v) is 42.7. The summed E-state index contributed by atoms with van der Waals surface area (Å²) in [7, 11) is -10.00. The molecule has 0 heterocycles. The molecule has 0 amide bonds. The molecule has 0 radical (unpaired) electrons. The Labute approximate surface area is 629 Å². The van der Waals surface area contributed by atoms with Crippen LogP contribution >= 0.6 is 15.6 Å². The predicted molar refractivity (Wildman–Crippen MR) is 427 cm³/mol. The molecule has 0 aliphatic carbocycles. The van der Waals surface area contributed by atoms with Crippen LogP contribution in [-0.4, -0.2) is 96.7 Å². The lowest BCUT2D eigenvalue weighted by molar-refractivity contribution is -0.161. The van der Waals surface area contributed by atoms with Crippen molar-refractivity contribution in [2.45, 2.75) is 316 Å². The van der Waals surface area contributed by atoms with Crippen molar-refractivity contribution in [3.8, 4) is 0 Å². The zero-order valence-electron chi connectivity index (χ0n) is 64.6. The molecule has 0 fully saturated rings. The largest absolute Gasteiger partial charge is 0.472 e. The lowest BCUT2D eigenvalue weighted by atomic mass is 10.1. The highest BCUT2D eigenvalue weighted by atomic mass is 31.2. The molecule has 0 aliphatic heterocycles. The maximum atomic E-state index is 13.1. The predicted octanol–water partition coefficient (Wildman–Crippen LogP) is 23.2. The molecule has 104 heavy (non-hydrogen) atoms. The molecular weight excluding hydrogens is 1350 g/mol. The molecule has 592 valence electrons. The van der Waals surface area contributed by atoms with Crippen molar-refractivity contribution in [3.05, 3.63) is 158 Å². The Bertz CT molecular complexity index is 2590. The number of phosphoric ester groups is 2. The number of aliphatic hydroxyl groups is 1. The van der Waals surface area contributed by atoms with Crippen LogP contribution in [0.2, 0.25) is 0 Å². The fourth-order valence-corrected chi connectivity index (χ4v) is 11.6. The fourth-order valence-electron chi connectivity index (χ4n) is 10.0. The molecule has 0 aromatic heterocycles. The van der Waals surface area contributed by atoms with Gasteiger partial charge in [0.2, 0.25) is 0 Å². The number of carbonyl (C=O) groups excluding carboxylic acids is 4. The third-order valence-corrected chi connectivity index (χ3v) is 17.9. The summed E-state index contributed by atoms with van der Waals surface area (Å²) in [6.45, 7) is 4.40. The molecule has 0 saturated carbocycles. The van der Waals surface area contributed by atoms with Gasteiger partial charge < -0.3 is 33.8 Å². The average Bonchev–Trinajstić information content (AvgIpc) is 0.917. The van der Waals surface area contributed by atoms with E-state index in [0.29, 0.717) is 32.1 Å². The number of rotatable bonds is 73. The van der Waals surface area contributed by atoms with Gasteiger partial charge in [-0.25, -0.2) is 9.13 Å². The van der Waals surface area contributed by atoms with E-state index < -0.39 is 97.5 Å². The summed E-state index contributed by atoms with van der Waals surface area (Å²) >= 11 is 0. The average molecular weight is 1500 g/mol. The summed E-state index contributed by atoms with van der Waals surface area (Å²) in [5, 5.41) is 10.6. The first-order chi connectivity index (χ1) is 50.7. The molecule has 3 N–H and O–H groups in total. The van der Waals surface area contributed by atoms with Gasteiger partial charge in [0, 0.05) is 25.7 Å². The van der Waals surface area contributed by atoms with Gasteiger partial charge in [-0.1, -0.05) is 269 Å². The van der Waals surface area contributed by atoms with Gasteiger partial charge in [0.1, 0.15) is 19.3 Å². The Kier molecular flexibility index (Phi) is 72.0. The molecule has 0 saturated heterocycles. The molecule has 0 bridgehead atoms. The first kappa shape index (κ1) is 98.7. The van der Waals surface area contributed by atoms with E-state index in [-0.39, 0.29) is 25.7 Å². The SMILES string of the molecule is CC/C=C\C/C=C\C/C=C\C/C=C\C/C=C\CCCC(=O)OC(COC(=O)CCCCCCCC/C=C\C/C=C\C/C=C\C/C=C\CC)COP(=O)(O)OCC(O)COP(=O)(O)OCC(COC(=O)CCCCCCC/C=C\C/C=C\C/C=C\CC)OC(=O)CCCCCCC/C=C\CCCCCC. The molecule has 17 nitrogen and oxygen atoms in total. The maximum absolute atomic E-state index is 13.1. The number of esters is 4. The van der Waals surface area contributed by atoms with Gasteiger partial charge in [0.05, 0.1) is 26.4 Å². The van der Waals surface area contributed by atoms with E-state index in [0.717, 1.165) is 186 Å². The van der Waals surface area contributed by atoms with Crippen molar-refractivity contribution in [2.75, 3.05) is 39.6 Å². The van der Waals surface area contributed by atoms with Gasteiger partial charge in [-0.05, 0) is 161 Å². The molecule has 0 spiro atoms. The molecule has 5 atom stereocenters. The number of phosphoric acid groups is 2. The second-order valence-electron chi connectivity index (χ2n) is 25.9. The van der Waals surface area contributed by atoms with E-state index in [4.69, 9.17) is 37.0 Å². The van der Waals surface area contributed by atoms with Crippen LogP contribution in [0, 0.1) is 0 Å². The highest BCUT2D eigenvalue weighted by Gasteiger charge is 2.30. The molecular formula is C85H140O17P2. The van der Waals surface area contributed by atoms with E-state index in [1.54, 1.807) is 0 Å². The topological polar surface area (TPSA) is 237 Å². The van der Waals surface area contributed by atoms with Crippen molar-refractivity contribution in [3.63, 3.8) is 0 Å². The Morgan fingerprint density at radius 2 is 0.510 bits per heavy atom. The van der Waals surface area contributed by atoms with Crippen LogP contribution in [0.5, 0.6) is 0 Å². The maximum Gasteiger partial charge on any atom is 0.472 e. The molecule has 0 rings (SSSR count). The zero-order valence-corrected chi connectivity index (χ0v) is 66.4. The second kappa shape index (κ2) is 75.9.